The molecule has 116 valence electrons. The smallest absolute Gasteiger partial charge is 0.249 e. The van der Waals surface area contributed by atoms with E-state index in [0.717, 1.165) is 15.8 Å². The monoisotopic (exact) mass is 369 g/mol. The zero-order chi connectivity index (χ0) is 16.2. The van der Waals surface area contributed by atoms with Crippen molar-refractivity contribution in [1.82, 2.24) is 15.2 Å². The van der Waals surface area contributed by atoms with Gasteiger partial charge in [0.15, 0.2) is 5.82 Å². The molecule has 23 heavy (non-hydrogen) atoms. The van der Waals surface area contributed by atoms with Crippen LogP contribution in [-0.4, -0.2) is 15.2 Å². The summed E-state index contributed by atoms with van der Waals surface area (Å²) in [6, 6.07) is 13.9. The van der Waals surface area contributed by atoms with E-state index in [9.17, 15) is 0 Å². The molecule has 0 bridgehead atoms. The van der Waals surface area contributed by atoms with Gasteiger partial charge in [0.2, 0.25) is 5.95 Å². The van der Waals surface area contributed by atoms with Crippen LogP contribution in [0.4, 0.5) is 23.1 Å². The highest BCUT2D eigenvalue weighted by molar-refractivity contribution is 9.10. The van der Waals surface area contributed by atoms with Crippen LogP contribution in [0, 0.1) is 13.8 Å². The second-order valence-electron chi connectivity index (χ2n) is 5.17. The lowest BCUT2D eigenvalue weighted by molar-refractivity contribution is 0.981. The molecular formula is C17H16BrN5. The molecule has 3 aromatic rings. The Hall–Kier alpha value is -2.47. The lowest BCUT2D eigenvalue weighted by atomic mass is 10.1. The Morgan fingerprint density at radius 2 is 1.74 bits per heavy atom. The first-order valence-corrected chi connectivity index (χ1v) is 7.97. The minimum atomic E-state index is 0.459. The predicted molar refractivity (Wildman–Crippen MR) is 96.5 cm³/mol. The average molecular weight is 370 g/mol. The largest absolute Gasteiger partial charge is 0.339 e. The molecule has 0 unspecified atom stereocenters. The van der Waals surface area contributed by atoms with E-state index in [4.69, 9.17) is 0 Å². The lowest BCUT2D eigenvalue weighted by Gasteiger charge is -2.11. The number of hydrogen-bond acceptors (Lipinski definition) is 5. The van der Waals surface area contributed by atoms with Crippen LogP contribution in [0.15, 0.2) is 53.1 Å². The Bertz CT molecular complexity index is 817. The first kappa shape index (κ1) is 15.4. The number of nitrogens with zero attached hydrogens (tertiary/aromatic N) is 3. The quantitative estimate of drug-likeness (QED) is 0.695. The minimum absolute atomic E-state index is 0.459. The van der Waals surface area contributed by atoms with Gasteiger partial charge in [0.05, 0.1) is 6.20 Å². The van der Waals surface area contributed by atoms with Gasteiger partial charge in [-0.25, -0.2) is 0 Å². The summed E-state index contributed by atoms with van der Waals surface area (Å²) in [5.41, 5.74) is 4.30. The second kappa shape index (κ2) is 6.75. The van der Waals surface area contributed by atoms with E-state index in [-0.39, 0.29) is 0 Å². The summed E-state index contributed by atoms with van der Waals surface area (Å²) in [6.45, 7) is 4.14. The number of aryl methyl sites for hydroxylation is 1. The summed E-state index contributed by atoms with van der Waals surface area (Å²) in [5.74, 6) is 1.09. The highest BCUT2D eigenvalue weighted by Gasteiger charge is 2.05. The number of halogens is 1. The molecule has 0 spiro atoms. The lowest BCUT2D eigenvalue weighted by Crippen LogP contribution is -2.03. The van der Waals surface area contributed by atoms with Gasteiger partial charge in [0.1, 0.15) is 0 Å². The normalized spacial score (nSPS) is 10.4. The van der Waals surface area contributed by atoms with Crippen LogP contribution < -0.4 is 10.6 Å². The molecule has 3 rings (SSSR count). The van der Waals surface area contributed by atoms with Gasteiger partial charge in [-0.05, 0) is 55.3 Å². The van der Waals surface area contributed by atoms with E-state index in [0.29, 0.717) is 11.8 Å². The predicted octanol–water partition coefficient (Wildman–Crippen LogP) is 4.74. The first-order chi connectivity index (χ1) is 11.1. The van der Waals surface area contributed by atoms with Crippen LogP contribution in [-0.2, 0) is 0 Å². The molecule has 0 fully saturated rings. The summed E-state index contributed by atoms with van der Waals surface area (Å²) in [6.07, 6.45) is 1.59. The molecule has 0 amide bonds. The van der Waals surface area contributed by atoms with Crippen molar-refractivity contribution in [3.63, 3.8) is 0 Å². The van der Waals surface area contributed by atoms with Crippen molar-refractivity contribution in [3.8, 4) is 0 Å². The van der Waals surface area contributed by atoms with Gasteiger partial charge in [-0.3, -0.25) is 0 Å². The molecular weight excluding hydrogens is 354 g/mol. The number of nitrogens with one attached hydrogen (secondary N) is 2. The van der Waals surface area contributed by atoms with E-state index in [1.54, 1.807) is 6.20 Å². The third kappa shape index (κ3) is 3.84. The number of rotatable bonds is 4. The first-order valence-electron chi connectivity index (χ1n) is 7.17. The van der Waals surface area contributed by atoms with Crippen LogP contribution in [0.3, 0.4) is 0 Å². The van der Waals surface area contributed by atoms with Crippen molar-refractivity contribution in [2.75, 3.05) is 10.6 Å². The molecule has 2 N–H and O–H groups in total. The fourth-order valence-corrected chi connectivity index (χ4v) is 2.37. The van der Waals surface area contributed by atoms with Gasteiger partial charge < -0.3 is 10.6 Å². The Morgan fingerprint density at radius 3 is 2.52 bits per heavy atom. The van der Waals surface area contributed by atoms with Crippen LogP contribution in [0.1, 0.15) is 11.1 Å². The molecule has 6 heteroatoms. The highest BCUT2D eigenvalue weighted by Crippen LogP contribution is 2.22. The standard InChI is InChI=1S/C17H16BrN5/c1-11-4-3-5-15(12(11)2)21-17-22-16(10-19-23-17)20-14-8-6-13(18)7-9-14/h3-10H,1-2H3,(H2,20,21,22,23). The summed E-state index contributed by atoms with van der Waals surface area (Å²) < 4.78 is 1.03. The number of anilines is 4. The van der Waals surface area contributed by atoms with Gasteiger partial charge in [0, 0.05) is 15.8 Å². The van der Waals surface area contributed by atoms with Gasteiger partial charge in [-0.15, -0.1) is 5.10 Å². The van der Waals surface area contributed by atoms with Crippen LogP contribution in [0.25, 0.3) is 0 Å². The van der Waals surface area contributed by atoms with E-state index in [1.165, 1.54) is 11.1 Å². The molecule has 0 saturated carbocycles. The molecule has 0 saturated heterocycles. The van der Waals surface area contributed by atoms with Crippen molar-refractivity contribution in [2.24, 2.45) is 0 Å². The molecule has 2 aromatic carbocycles. The van der Waals surface area contributed by atoms with Crippen molar-refractivity contribution in [1.29, 1.82) is 0 Å². The molecule has 5 nitrogen and oxygen atoms in total. The van der Waals surface area contributed by atoms with Crippen LogP contribution in [0.5, 0.6) is 0 Å². The zero-order valence-electron chi connectivity index (χ0n) is 12.8. The van der Waals surface area contributed by atoms with E-state index >= 15 is 0 Å². The number of aromatic nitrogens is 3. The Kier molecular flexibility index (Phi) is 4.52. The Morgan fingerprint density at radius 1 is 0.957 bits per heavy atom. The molecule has 0 aliphatic carbocycles. The molecule has 0 aliphatic heterocycles. The second-order valence-corrected chi connectivity index (χ2v) is 6.09. The van der Waals surface area contributed by atoms with E-state index in [2.05, 4.69) is 61.7 Å². The Balaban J connectivity index is 1.79. The van der Waals surface area contributed by atoms with Crippen molar-refractivity contribution in [3.05, 3.63) is 64.3 Å². The molecule has 0 aliphatic rings. The van der Waals surface area contributed by atoms with Gasteiger partial charge in [0.25, 0.3) is 0 Å². The van der Waals surface area contributed by atoms with Gasteiger partial charge >= 0.3 is 0 Å². The van der Waals surface area contributed by atoms with E-state index < -0.39 is 0 Å². The Labute approximate surface area is 143 Å². The number of hydrogen-bond donors (Lipinski definition) is 2. The fraction of sp³-hybridized carbons (Fsp3) is 0.118. The average Bonchev–Trinajstić information content (AvgIpc) is 2.54. The molecule has 1 aromatic heterocycles. The minimum Gasteiger partial charge on any atom is -0.339 e. The van der Waals surface area contributed by atoms with Gasteiger partial charge in [-0.1, -0.05) is 28.1 Å². The van der Waals surface area contributed by atoms with Gasteiger partial charge in [-0.2, -0.15) is 10.1 Å². The van der Waals surface area contributed by atoms with Crippen LogP contribution in [0.2, 0.25) is 0 Å². The van der Waals surface area contributed by atoms with Crippen molar-refractivity contribution in [2.45, 2.75) is 13.8 Å². The summed E-state index contributed by atoms with van der Waals surface area (Å²) >= 11 is 3.42. The summed E-state index contributed by atoms with van der Waals surface area (Å²) in [5, 5.41) is 14.5. The maximum absolute atomic E-state index is 4.45. The summed E-state index contributed by atoms with van der Waals surface area (Å²) in [7, 11) is 0. The highest BCUT2D eigenvalue weighted by atomic mass is 79.9. The summed E-state index contributed by atoms with van der Waals surface area (Å²) in [4.78, 5) is 4.45. The van der Waals surface area contributed by atoms with Crippen LogP contribution >= 0.6 is 15.9 Å². The van der Waals surface area contributed by atoms with Crippen molar-refractivity contribution < 1.29 is 0 Å². The third-order valence-electron chi connectivity index (χ3n) is 3.53. The number of benzene rings is 2. The SMILES string of the molecule is Cc1cccc(Nc2nncc(Nc3ccc(Br)cc3)n2)c1C. The molecule has 1 heterocycles. The van der Waals surface area contributed by atoms with Crippen molar-refractivity contribution >= 4 is 39.1 Å². The topological polar surface area (TPSA) is 62.7 Å². The van der Waals surface area contributed by atoms with E-state index in [1.807, 2.05) is 36.4 Å². The molecule has 0 atom stereocenters. The third-order valence-corrected chi connectivity index (χ3v) is 4.06. The maximum atomic E-state index is 4.45. The maximum Gasteiger partial charge on any atom is 0.249 e. The zero-order valence-corrected chi connectivity index (χ0v) is 14.4. The fourth-order valence-electron chi connectivity index (χ4n) is 2.10. The molecule has 0 radical (unpaired) electrons.